The van der Waals surface area contributed by atoms with E-state index in [1.165, 1.54) is 12.1 Å². The van der Waals surface area contributed by atoms with Crippen molar-refractivity contribution in [3.8, 4) is 5.75 Å². The van der Waals surface area contributed by atoms with Crippen LogP contribution in [0.3, 0.4) is 0 Å². The summed E-state index contributed by atoms with van der Waals surface area (Å²) in [6, 6.07) is 6.01. The highest BCUT2D eigenvalue weighted by Crippen LogP contribution is 2.32. The number of halogens is 2. The molecule has 0 amide bonds. The molecule has 0 unspecified atom stereocenters. The molecule has 0 atom stereocenters. The molecule has 0 saturated carbocycles. The lowest BCUT2D eigenvalue weighted by Crippen LogP contribution is -1.99. The maximum absolute atomic E-state index is 12.8. The van der Waals surface area contributed by atoms with E-state index in [-0.39, 0.29) is 19.4 Å². The summed E-state index contributed by atoms with van der Waals surface area (Å²) in [7, 11) is 0. The van der Waals surface area contributed by atoms with Gasteiger partial charge in [0.1, 0.15) is 18.2 Å². The minimum atomic E-state index is -0.913. The van der Waals surface area contributed by atoms with Gasteiger partial charge in [-0.1, -0.05) is 16.8 Å². The molecule has 3 rings (SSSR count). The number of carboxylic acids is 1. The molecule has 0 spiro atoms. The van der Waals surface area contributed by atoms with Gasteiger partial charge < -0.3 is 14.4 Å². The van der Waals surface area contributed by atoms with Crippen LogP contribution < -0.4 is 4.74 Å². The highest BCUT2D eigenvalue weighted by Gasteiger charge is 2.14. The quantitative estimate of drug-likeness (QED) is 0.731. The molecule has 0 aliphatic carbocycles. The van der Waals surface area contributed by atoms with E-state index in [1.807, 2.05) is 0 Å². The van der Waals surface area contributed by atoms with Gasteiger partial charge in [0, 0.05) is 17.9 Å². The summed E-state index contributed by atoms with van der Waals surface area (Å²) in [4.78, 5) is 14.6. The van der Waals surface area contributed by atoms with Crippen molar-refractivity contribution in [2.45, 2.75) is 19.4 Å². The Balaban J connectivity index is 1.78. The second kappa shape index (κ2) is 6.84. The Morgan fingerprint density at radius 3 is 2.92 bits per heavy atom. The summed E-state index contributed by atoms with van der Waals surface area (Å²) >= 11 is 6.20. The van der Waals surface area contributed by atoms with Crippen molar-refractivity contribution in [3.05, 3.63) is 52.7 Å². The first-order chi connectivity index (χ1) is 11.5. The predicted molar refractivity (Wildman–Crippen MR) is 83.5 cm³/mol. The molecule has 124 valence electrons. The maximum atomic E-state index is 12.8. The highest BCUT2D eigenvalue weighted by atomic mass is 35.5. The molecule has 1 N–H and O–H groups in total. The lowest BCUT2D eigenvalue weighted by atomic mass is 10.1. The van der Waals surface area contributed by atoms with Gasteiger partial charge in [0.15, 0.2) is 5.58 Å². The Morgan fingerprint density at radius 2 is 2.21 bits per heavy atom. The third-order valence-electron chi connectivity index (χ3n) is 3.34. The summed E-state index contributed by atoms with van der Waals surface area (Å²) in [5.41, 5.74) is 1.52. The first kappa shape index (κ1) is 16.2. The molecule has 0 fully saturated rings. The monoisotopic (exact) mass is 350 g/mol. The molecule has 8 heteroatoms. The van der Waals surface area contributed by atoms with Crippen molar-refractivity contribution in [2.75, 3.05) is 0 Å². The van der Waals surface area contributed by atoms with E-state index in [0.29, 0.717) is 33.1 Å². The van der Waals surface area contributed by atoms with E-state index in [2.05, 4.69) is 10.1 Å². The van der Waals surface area contributed by atoms with Gasteiger partial charge in [-0.25, -0.2) is 4.39 Å². The fourth-order valence-corrected chi connectivity index (χ4v) is 2.37. The first-order valence-corrected chi connectivity index (χ1v) is 7.43. The number of ether oxygens (including phenoxy) is 1. The fraction of sp³-hybridized carbons (Fsp3) is 0.188. The van der Waals surface area contributed by atoms with Gasteiger partial charge >= 0.3 is 5.97 Å². The van der Waals surface area contributed by atoms with E-state index < -0.39 is 11.8 Å². The number of pyridine rings is 1. The smallest absolute Gasteiger partial charge is 0.303 e. The zero-order valence-corrected chi connectivity index (χ0v) is 13.1. The Bertz CT molecular complexity index is 880. The number of fused-ring (bicyclic) bond motifs is 1. The first-order valence-electron chi connectivity index (χ1n) is 7.06. The van der Waals surface area contributed by atoms with Crippen LogP contribution in [0.25, 0.3) is 11.0 Å². The predicted octanol–water partition coefficient (Wildman–Crippen LogP) is 3.61. The number of carbonyl (C=O) groups is 1. The molecule has 0 aliphatic rings. The molecule has 0 bridgehead atoms. The van der Waals surface area contributed by atoms with Gasteiger partial charge in [-0.05, 0) is 18.2 Å². The number of benzene rings is 1. The van der Waals surface area contributed by atoms with Crippen molar-refractivity contribution in [1.29, 1.82) is 0 Å². The Hall–Kier alpha value is -2.67. The molecule has 0 aliphatic heterocycles. The van der Waals surface area contributed by atoms with Crippen LogP contribution in [0.1, 0.15) is 17.8 Å². The van der Waals surface area contributed by atoms with Crippen molar-refractivity contribution in [1.82, 2.24) is 10.1 Å². The third kappa shape index (κ3) is 3.62. The van der Waals surface area contributed by atoms with E-state index in [0.717, 1.165) is 6.20 Å². The number of carboxylic acid groups (broad SMARTS) is 1. The van der Waals surface area contributed by atoms with E-state index >= 15 is 0 Å². The zero-order valence-electron chi connectivity index (χ0n) is 12.3. The van der Waals surface area contributed by atoms with Crippen LogP contribution in [-0.4, -0.2) is 21.2 Å². The summed E-state index contributed by atoms with van der Waals surface area (Å²) in [5.74, 6) is -0.964. The largest absolute Gasteiger partial charge is 0.486 e. The standard InChI is InChI=1S/C16H12ClFN2O4/c17-12-5-11-13(3-4-16(21)22)20-24-14(11)6-15(12)23-8-10-2-1-9(18)7-19-10/h1-2,5-7H,3-4,8H2,(H,21,22). The Labute approximate surface area is 140 Å². The number of hydrogen-bond acceptors (Lipinski definition) is 5. The Kier molecular flexibility index (Phi) is 4.61. The van der Waals surface area contributed by atoms with Crippen molar-refractivity contribution in [2.24, 2.45) is 0 Å². The third-order valence-corrected chi connectivity index (χ3v) is 3.63. The van der Waals surface area contributed by atoms with Gasteiger partial charge in [-0.15, -0.1) is 0 Å². The molecule has 0 saturated heterocycles. The second-order valence-corrected chi connectivity index (χ2v) is 5.47. The second-order valence-electron chi connectivity index (χ2n) is 5.06. The Morgan fingerprint density at radius 1 is 1.38 bits per heavy atom. The number of rotatable bonds is 6. The van der Waals surface area contributed by atoms with Gasteiger partial charge in [0.25, 0.3) is 0 Å². The van der Waals surface area contributed by atoms with Gasteiger partial charge in [-0.3, -0.25) is 9.78 Å². The lowest BCUT2D eigenvalue weighted by Gasteiger charge is -2.07. The molecule has 2 aromatic heterocycles. The van der Waals surface area contributed by atoms with Crippen LogP contribution in [0.2, 0.25) is 5.02 Å². The SMILES string of the molecule is O=C(O)CCc1noc2cc(OCc3ccc(F)cn3)c(Cl)cc12. The summed E-state index contributed by atoms with van der Waals surface area (Å²) in [6.45, 7) is 0.117. The number of nitrogens with zero attached hydrogens (tertiary/aromatic N) is 2. The lowest BCUT2D eigenvalue weighted by molar-refractivity contribution is -0.136. The molecule has 6 nitrogen and oxygen atoms in total. The van der Waals surface area contributed by atoms with Crippen LogP contribution in [0.5, 0.6) is 5.75 Å². The molecular weight excluding hydrogens is 339 g/mol. The van der Waals surface area contributed by atoms with Crippen LogP contribution >= 0.6 is 11.6 Å². The topological polar surface area (TPSA) is 85.5 Å². The van der Waals surface area contributed by atoms with Crippen LogP contribution in [0, 0.1) is 5.82 Å². The zero-order chi connectivity index (χ0) is 17.1. The van der Waals surface area contributed by atoms with E-state index in [1.54, 1.807) is 12.1 Å². The fourth-order valence-electron chi connectivity index (χ4n) is 2.15. The molecule has 2 heterocycles. The van der Waals surface area contributed by atoms with Gasteiger partial charge in [0.2, 0.25) is 0 Å². The van der Waals surface area contributed by atoms with Crippen LogP contribution in [-0.2, 0) is 17.8 Å². The molecule has 3 aromatic rings. The summed E-state index contributed by atoms with van der Waals surface area (Å²) in [6.07, 6.45) is 1.31. The average Bonchev–Trinajstić information content (AvgIpc) is 2.94. The molecule has 0 radical (unpaired) electrons. The highest BCUT2D eigenvalue weighted by molar-refractivity contribution is 6.32. The minimum Gasteiger partial charge on any atom is -0.486 e. The van der Waals surface area contributed by atoms with Crippen molar-refractivity contribution >= 4 is 28.5 Å². The molecule has 24 heavy (non-hydrogen) atoms. The number of aryl methyl sites for hydroxylation is 1. The number of aliphatic carboxylic acids is 1. The van der Waals surface area contributed by atoms with Crippen LogP contribution in [0.4, 0.5) is 4.39 Å². The van der Waals surface area contributed by atoms with E-state index in [9.17, 15) is 9.18 Å². The van der Waals surface area contributed by atoms with Crippen molar-refractivity contribution in [3.63, 3.8) is 0 Å². The van der Waals surface area contributed by atoms with Gasteiger partial charge in [-0.2, -0.15) is 0 Å². The maximum Gasteiger partial charge on any atom is 0.303 e. The normalized spacial score (nSPS) is 10.9. The van der Waals surface area contributed by atoms with Crippen LogP contribution in [0.15, 0.2) is 35.0 Å². The number of hydrogen-bond donors (Lipinski definition) is 1. The average molecular weight is 351 g/mol. The van der Waals surface area contributed by atoms with E-state index in [4.69, 9.17) is 26.0 Å². The number of aromatic nitrogens is 2. The molecule has 1 aromatic carbocycles. The van der Waals surface area contributed by atoms with Gasteiger partial charge in [0.05, 0.1) is 29.0 Å². The minimum absolute atomic E-state index is 0.0479. The summed E-state index contributed by atoms with van der Waals surface area (Å²) in [5, 5.41) is 13.6. The van der Waals surface area contributed by atoms with Crippen molar-refractivity contribution < 1.29 is 23.6 Å². The summed E-state index contributed by atoms with van der Waals surface area (Å²) < 4.78 is 23.6. The molecular formula is C16H12ClFN2O4.